The van der Waals surface area contributed by atoms with Gasteiger partial charge in [-0.1, -0.05) is 6.07 Å². The number of halogens is 3. The number of nitrogens with zero attached hydrogens (tertiary/aromatic N) is 2. The molecule has 31 heavy (non-hydrogen) atoms. The maximum absolute atomic E-state index is 13.1. The highest BCUT2D eigenvalue weighted by molar-refractivity contribution is 6.06. The van der Waals surface area contributed by atoms with Crippen LogP contribution in [0.1, 0.15) is 11.3 Å². The number of aromatic amines is 2. The van der Waals surface area contributed by atoms with Crippen LogP contribution in [-0.4, -0.2) is 47.2 Å². The zero-order valence-corrected chi connectivity index (χ0v) is 16.1. The molecule has 1 aromatic carbocycles. The van der Waals surface area contributed by atoms with Crippen molar-refractivity contribution in [3.8, 4) is 0 Å². The zero-order chi connectivity index (χ0) is 22.0. The van der Waals surface area contributed by atoms with E-state index < -0.39 is 23.5 Å². The number of amides is 1. The molecule has 3 N–H and O–H groups in total. The molecule has 162 valence electrons. The maximum Gasteiger partial charge on any atom is 0.433 e. The molecule has 2 aromatic heterocycles. The molecule has 1 aliphatic rings. The van der Waals surface area contributed by atoms with Gasteiger partial charge in [0.15, 0.2) is 0 Å². The molecule has 4 rings (SSSR count). The molecule has 1 amide bonds. The van der Waals surface area contributed by atoms with E-state index in [2.05, 4.69) is 20.3 Å². The summed E-state index contributed by atoms with van der Waals surface area (Å²) in [4.78, 5) is 34.6. The van der Waals surface area contributed by atoms with E-state index in [1.54, 1.807) is 23.1 Å². The van der Waals surface area contributed by atoms with E-state index in [9.17, 15) is 22.8 Å². The van der Waals surface area contributed by atoms with Crippen molar-refractivity contribution in [3.05, 3.63) is 58.1 Å². The van der Waals surface area contributed by atoms with Gasteiger partial charge in [0.05, 0.1) is 29.9 Å². The lowest BCUT2D eigenvalue weighted by molar-refractivity contribution is -0.141. The average molecular weight is 433 g/mol. The van der Waals surface area contributed by atoms with Crippen LogP contribution in [-0.2, 0) is 15.7 Å². The van der Waals surface area contributed by atoms with E-state index in [1.807, 2.05) is 0 Å². The summed E-state index contributed by atoms with van der Waals surface area (Å²) < 4.78 is 44.7. The summed E-state index contributed by atoms with van der Waals surface area (Å²) in [5.41, 5.74) is 0.340. The first-order chi connectivity index (χ1) is 14.8. The molecule has 3 aromatic rings. The van der Waals surface area contributed by atoms with Crippen LogP contribution in [0.25, 0.3) is 17.1 Å². The van der Waals surface area contributed by atoms with Crippen LogP contribution in [0.15, 0.2) is 41.2 Å². The predicted molar refractivity (Wildman–Crippen MR) is 109 cm³/mol. The lowest BCUT2D eigenvalue weighted by Gasteiger charge is -2.29. The predicted octanol–water partition coefficient (Wildman–Crippen LogP) is 2.76. The van der Waals surface area contributed by atoms with Crippen LogP contribution in [0.2, 0.25) is 0 Å². The average Bonchev–Trinajstić information content (AvgIpc) is 3.13. The number of carbonyl (C=O) groups is 1. The van der Waals surface area contributed by atoms with Gasteiger partial charge in [0.2, 0.25) is 5.91 Å². The number of pyridine rings is 1. The van der Waals surface area contributed by atoms with Crippen molar-refractivity contribution >= 4 is 34.5 Å². The number of carbonyl (C=O) groups excluding carboxylic acids is 1. The number of anilines is 2. The number of para-hydroxylation sites is 1. The van der Waals surface area contributed by atoms with Crippen molar-refractivity contribution in [1.29, 1.82) is 0 Å². The lowest BCUT2D eigenvalue weighted by Crippen LogP contribution is -2.37. The molecular weight excluding hydrogens is 415 g/mol. The third-order valence-corrected chi connectivity index (χ3v) is 4.73. The van der Waals surface area contributed by atoms with E-state index in [-0.39, 0.29) is 5.82 Å². The summed E-state index contributed by atoms with van der Waals surface area (Å²) in [7, 11) is 0. The molecule has 1 fully saturated rings. The minimum absolute atomic E-state index is 0.138. The first-order valence-corrected chi connectivity index (χ1v) is 9.42. The highest BCUT2D eigenvalue weighted by Crippen LogP contribution is 2.31. The third kappa shape index (κ3) is 4.61. The Morgan fingerprint density at radius 1 is 1.16 bits per heavy atom. The Bertz CT molecular complexity index is 1190. The Balaban J connectivity index is 1.59. The molecule has 1 saturated heterocycles. The van der Waals surface area contributed by atoms with Crippen molar-refractivity contribution < 1.29 is 22.7 Å². The quantitative estimate of drug-likeness (QED) is 0.549. The molecule has 0 radical (unpaired) electrons. The number of ether oxygens (including phenoxy) is 1. The van der Waals surface area contributed by atoms with Gasteiger partial charge in [-0.3, -0.25) is 4.79 Å². The Morgan fingerprint density at radius 2 is 1.94 bits per heavy atom. The molecule has 1 aliphatic heterocycles. The van der Waals surface area contributed by atoms with Gasteiger partial charge < -0.3 is 24.9 Å². The number of imidazole rings is 1. The molecule has 11 heteroatoms. The fourth-order valence-electron chi connectivity index (χ4n) is 3.28. The molecule has 0 atom stereocenters. The van der Waals surface area contributed by atoms with Crippen LogP contribution < -0.4 is 15.9 Å². The summed E-state index contributed by atoms with van der Waals surface area (Å²) in [5.74, 6) is -0.374. The summed E-state index contributed by atoms with van der Waals surface area (Å²) >= 11 is 0. The fraction of sp³-hybridized carbons (Fsp3) is 0.250. The van der Waals surface area contributed by atoms with Crippen molar-refractivity contribution in [1.82, 2.24) is 15.0 Å². The Morgan fingerprint density at radius 3 is 2.68 bits per heavy atom. The van der Waals surface area contributed by atoms with Crippen LogP contribution in [0.3, 0.4) is 0 Å². The molecule has 0 aliphatic carbocycles. The van der Waals surface area contributed by atoms with Crippen LogP contribution in [0, 0.1) is 0 Å². The normalized spacial score (nSPS) is 15.0. The van der Waals surface area contributed by atoms with E-state index >= 15 is 0 Å². The number of fused-ring (bicyclic) bond motifs is 1. The second-order valence-electron chi connectivity index (χ2n) is 6.84. The summed E-state index contributed by atoms with van der Waals surface area (Å²) in [6, 6.07) is 7.14. The number of nitrogens with one attached hydrogen (secondary N) is 3. The van der Waals surface area contributed by atoms with Crippen LogP contribution in [0.5, 0.6) is 0 Å². The monoisotopic (exact) mass is 433 g/mol. The minimum atomic E-state index is -4.58. The SMILES string of the molecule is O=C(/C=C/c1ccc(C(F)(F)F)nc1N1CCOCC1)Nc1cccc2[nH]c(=O)[nH]c12. The number of morpholine rings is 1. The maximum atomic E-state index is 13.1. The molecule has 0 spiro atoms. The van der Waals surface area contributed by atoms with Gasteiger partial charge >= 0.3 is 11.9 Å². The van der Waals surface area contributed by atoms with Crippen molar-refractivity contribution in [2.24, 2.45) is 0 Å². The number of benzene rings is 1. The molecule has 0 saturated carbocycles. The second-order valence-corrected chi connectivity index (χ2v) is 6.84. The highest BCUT2D eigenvalue weighted by atomic mass is 19.4. The molecular formula is C20H18F3N5O3. The van der Waals surface area contributed by atoms with Gasteiger partial charge in [-0.25, -0.2) is 9.78 Å². The van der Waals surface area contributed by atoms with Crippen LogP contribution in [0.4, 0.5) is 24.7 Å². The van der Waals surface area contributed by atoms with E-state index in [0.717, 1.165) is 6.07 Å². The largest absolute Gasteiger partial charge is 0.433 e. The summed E-state index contributed by atoms with van der Waals surface area (Å²) in [6.45, 7) is 1.54. The van der Waals surface area contributed by atoms with Crippen molar-refractivity contribution in [2.45, 2.75) is 6.18 Å². The van der Waals surface area contributed by atoms with Gasteiger partial charge in [0, 0.05) is 24.7 Å². The standard InChI is InChI=1S/C20H18F3N5O3/c21-20(22,23)15-6-4-12(18(26-15)28-8-10-31-11-9-28)5-7-16(29)24-13-2-1-3-14-17(13)27-19(30)25-14/h1-7H,8-11H2,(H,24,29)(H2,25,27,30)/b7-5+. The molecule has 8 nitrogen and oxygen atoms in total. The molecule has 0 unspecified atom stereocenters. The zero-order valence-electron chi connectivity index (χ0n) is 16.1. The number of H-pyrrole nitrogens is 2. The summed E-state index contributed by atoms with van der Waals surface area (Å²) in [6.07, 6.45) is -1.96. The van der Waals surface area contributed by atoms with Gasteiger partial charge in [-0.2, -0.15) is 13.2 Å². The van der Waals surface area contributed by atoms with Gasteiger partial charge in [0.1, 0.15) is 11.5 Å². The van der Waals surface area contributed by atoms with Crippen molar-refractivity contribution in [2.75, 3.05) is 36.5 Å². The van der Waals surface area contributed by atoms with Crippen molar-refractivity contribution in [3.63, 3.8) is 0 Å². The minimum Gasteiger partial charge on any atom is -0.378 e. The van der Waals surface area contributed by atoms with Gasteiger partial charge in [0.25, 0.3) is 0 Å². The number of hydrogen-bond donors (Lipinski definition) is 3. The van der Waals surface area contributed by atoms with Crippen LogP contribution >= 0.6 is 0 Å². The van der Waals surface area contributed by atoms with E-state index in [4.69, 9.17) is 4.74 Å². The molecule has 3 heterocycles. The summed E-state index contributed by atoms with van der Waals surface area (Å²) in [5, 5.41) is 2.65. The Hall–Kier alpha value is -3.60. The number of rotatable bonds is 4. The lowest BCUT2D eigenvalue weighted by atomic mass is 10.2. The Kier molecular flexibility index (Phi) is 5.51. The smallest absolute Gasteiger partial charge is 0.378 e. The molecule has 0 bridgehead atoms. The topological polar surface area (TPSA) is 103 Å². The number of aromatic nitrogens is 3. The van der Waals surface area contributed by atoms with E-state index in [0.29, 0.717) is 48.6 Å². The number of alkyl halides is 3. The number of hydrogen-bond acceptors (Lipinski definition) is 5. The first kappa shape index (κ1) is 20.7. The van der Waals surface area contributed by atoms with E-state index in [1.165, 1.54) is 18.2 Å². The highest BCUT2D eigenvalue weighted by Gasteiger charge is 2.33. The van der Waals surface area contributed by atoms with Gasteiger partial charge in [-0.05, 0) is 30.3 Å². The fourth-order valence-corrected chi connectivity index (χ4v) is 3.28. The third-order valence-electron chi connectivity index (χ3n) is 4.73. The van der Waals surface area contributed by atoms with Gasteiger partial charge in [-0.15, -0.1) is 0 Å². The second kappa shape index (κ2) is 8.26. The first-order valence-electron chi connectivity index (χ1n) is 9.42. The Labute approximate surface area is 173 Å².